The van der Waals surface area contributed by atoms with Crippen LogP contribution in [-0.2, 0) is 0 Å². The van der Waals surface area contributed by atoms with E-state index in [1.54, 1.807) is 0 Å². The van der Waals surface area contributed by atoms with Gasteiger partial charge in [-0.3, -0.25) is 0 Å². The average Bonchev–Trinajstić information content (AvgIpc) is 2.30. The van der Waals surface area contributed by atoms with Crippen LogP contribution in [0.2, 0.25) is 0 Å². The Morgan fingerprint density at radius 2 is 2.06 bits per heavy atom. The van der Waals surface area contributed by atoms with Gasteiger partial charge in [0.1, 0.15) is 5.82 Å². The molecular weight excluding hydrogens is 214 g/mol. The number of anilines is 3. The Labute approximate surface area is 100 Å². The second kappa shape index (κ2) is 4.86. The average molecular weight is 231 g/mol. The summed E-state index contributed by atoms with van der Waals surface area (Å²) in [5.74, 6) is 0.633. The van der Waals surface area contributed by atoms with Gasteiger partial charge in [0.15, 0.2) is 0 Å². The highest BCUT2D eigenvalue weighted by Gasteiger charge is 2.03. The molecule has 0 aliphatic heterocycles. The number of unbranched alkanes of at least 4 members (excludes halogenated alkanes) is 1. The molecule has 2 rings (SSSR count). The molecule has 5 heteroatoms. The maximum absolute atomic E-state index is 5.82. The number of nitrogens with one attached hydrogen (secondary N) is 1. The van der Waals surface area contributed by atoms with E-state index in [-0.39, 0.29) is 5.95 Å². The molecule has 0 radical (unpaired) electrons. The van der Waals surface area contributed by atoms with Gasteiger partial charge in [0, 0.05) is 17.6 Å². The van der Waals surface area contributed by atoms with Crippen molar-refractivity contribution in [2.75, 3.05) is 23.3 Å². The summed E-state index contributed by atoms with van der Waals surface area (Å²) in [4.78, 5) is 8.09. The molecule has 0 amide bonds. The number of rotatable bonds is 4. The molecule has 0 saturated carbocycles. The van der Waals surface area contributed by atoms with Crippen molar-refractivity contribution in [2.45, 2.75) is 19.8 Å². The highest BCUT2D eigenvalue weighted by molar-refractivity contribution is 5.91. The fourth-order valence-electron chi connectivity index (χ4n) is 1.69. The predicted molar refractivity (Wildman–Crippen MR) is 71.8 cm³/mol. The number of hydrogen-bond acceptors (Lipinski definition) is 5. The van der Waals surface area contributed by atoms with E-state index >= 15 is 0 Å². The number of fused-ring (bicyclic) bond motifs is 1. The lowest BCUT2D eigenvalue weighted by atomic mass is 10.2. The van der Waals surface area contributed by atoms with Crippen molar-refractivity contribution >= 4 is 28.4 Å². The van der Waals surface area contributed by atoms with Crippen molar-refractivity contribution in [1.29, 1.82) is 0 Å². The van der Waals surface area contributed by atoms with E-state index in [0.717, 1.165) is 29.6 Å². The Morgan fingerprint density at radius 1 is 1.24 bits per heavy atom. The van der Waals surface area contributed by atoms with Crippen LogP contribution in [-0.4, -0.2) is 16.5 Å². The molecule has 1 aromatic heterocycles. The van der Waals surface area contributed by atoms with Gasteiger partial charge in [-0.1, -0.05) is 13.3 Å². The lowest BCUT2D eigenvalue weighted by molar-refractivity contribution is 0.834. The minimum Gasteiger partial charge on any atom is -0.385 e. The van der Waals surface area contributed by atoms with Crippen LogP contribution in [0.5, 0.6) is 0 Å². The van der Waals surface area contributed by atoms with Crippen molar-refractivity contribution < 1.29 is 0 Å². The molecule has 2 aromatic rings. The van der Waals surface area contributed by atoms with Gasteiger partial charge in [0.25, 0.3) is 0 Å². The number of aromatic nitrogens is 2. The predicted octanol–water partition coefficient (Wildman–Crippen LogP) is 2.01. The van der Waals surface area contributed by atoms with Crippen LogP contribution in [0.4, 0.5) is 17.5 Å². The molecule has 1 heterocycles. The molecule has 0 saturated heterocycles. The van der Waals surface area contributed by atoms with E-state index in [2.05, 4.69) is 22.2 Å². The Kier molecular flexibility index (Phi) is 3.27. The second-order valence-electron chi connectivity index (χ2n) is 3.98. The highest BCUT2D eigenvalue weighted by Crippen LogP contribution is 2.22. The number of benzene rings is 1. The molecule has 17 heavy (non-hydrogen) atoms. The minimum atomic E-state index is 0.210. The standard InChI is InChI=1S/C12H17N5/c1-2-3-6-15-8-4-5-10-9(7-8)11(13)17-12(14)16-10/h4-5,7,15H,2-3,6H2,1H3,(H4,13,14,16,17). The summed E-state index contributed by atoms with van der Waals surface area (Å²) in [6.07, 6.45) is 2.31. The molecule has 0 aliphatic rings. The molecule has 0 atom stereocenters. The third kappa shape index (κ3) is 2.55. The molecule has 0 bridgehead atoms. The fraction of sp³-hybridized carbons (Fsp3) is 0.333. The first kappa shape index (κ1) is 11.4. The van der Waals surface area contributed by atoms with Crippen LogP contribution < -0.4 is 16.8 Å². The quantitative estimate of drug-likeness (QED) is 0.700. The zero-order chi connectivity index (χ0) is 12.3. The van der Waals surface area contributed by atoms with Crippen LogP contribution in [0.3, 0.4) is 0 Å². The minimum absolute atomic E-state index is 0.210. The Bertz CT molecular complexity index is 524. The van der Waals surface area contributed by atoms with Gasteiger partial charge >= 0.3 is 0 Å². The lowest BCUT2D eigenvalue weighted by Gasteiger charge is -2.08. The summed E-state index contributed by atoms with van der Waals surface area (Å²) in [5, 5.41) is 4.17. The van der Waals surface area contributed by atoms with Crippen molar-refractivity contribution in [3.63, 3.8) is 0 Å². The number of nitrogens with two attached hydrogens (primary N) is 2. The summed E-state index contributed by atoms with van der Waals surface area (Å²) in [7, 11) is 0. The Morgan fingerprint density at radius 3 is 2.82 bits per heavy atom. The zero-order valence-electron chi connectivity index (χ0n) is 9.90. The number of hydrogen-bond donors (Lipinski definition) is 3. The van der Waals surface area contributed by atoms with Gasteiger partial charge in [-0.15, -0.1) is 0 Å². The summed E-state index contributed by atoms with van der Waals surface area (Å²) in [6.45, 7) is 3.12. The van der Waals surface area contributed by atoms with E-state index in [4.69, 9.17) is 11.5 Å². The third-order valence-corrected chi connectivity index (χ3v) is 2.60. The smallest absolute Gasteiger partial charge is 0.222 e. The summed E-state index contributed by atoms with van der Waals surface area (Å²) < 4.78 is 0. The lowest BCUT2D eigenvalue weighted by Crippen LogP contribution is -2.03. The second-order valence-corrected chi connectivity index (χ2v) is 3.98. The molecule has 5 N–H and O–H groups in total. The highest BCUT2D eigenvalue weighted by atomic mass is 15.0. The topological polar surface area (TPSA) is 89.8 Å². The van der Waals surface area contributed by atoms with Crippen molar-refractivity contribution in [3.05, 3.63) is 18.2 Å². The van der Waals surface area contributed by atoms with E-state index in [9.17, 15) is 0 Å². The number of nitrogens with zero attached hydrogens (tertiary/aromatic N) is 2. The zero-order valence-corrected chi connectivity index (χ0v) is 9.90. The molecule has 0 aliphatic carbocycles. The van der Waals surface area contributed by atoms with Gasteiger partial charge in [-0.2, -0.15) is 4.98 Å². The van der Waals surface area contributed by atoms with Gasteiger partial charge < -0.3 is 16.8 Å². The van der Waals surface area contributed by atoms with Crippen LogP contribution in [0.15, 0.2) is 18.2 Å². The van der Waals surface area contributed by atoms with Gasteiger partial charge in [0.2, 0.25) is 5.95 Å². The van der Waals surface area contributed by atoms with E-state index in [0.29, 0.717) is 5.82 Å². The van der Waals surface area contributed by atoms with Crippen molar-refractivity contribution in [3.8, 4) is 0 Å². The number of nitrogen functional groups attached to an aromatic ring is 2. The molecule has 0 fully saturated rings. The molecule has 0 unspecified atom stereocenters. The molecule has 5 nitrogen and oxygen atoms in total. The summed E-state index contributed by atoms with van der Waals surface area (Å²) in [5.41, 5.74) is 13.2. The SMILES string of the molecule is CCCCNc1ccc2nc(N)nc(N)c2c1. The Balaban J connectivity index is 2.30. The summed E-state index contributed by atoms with van der Waals surface area (Å²) >= 11 is 0. The van der Waals surface area contributed by atoms with E-state index < -0.39 is 0 Å². The van der Waals surface area contributed by atoms with Crippen LogP contribution in [0.1, 0.15) is 19.8 Å². The van der Waals surface area contributed by atoms with E-state index in [1.807, 2.05) is 18.2 Å². The largest absolute Gasteiger partial charge is 0.385 e. The van der Waals surface area contributed by atoms with Gasteiger partial charge in [0.05, 0.1) is 5.52 Å². The monoisotopic (exact) mass is 231 g/mol. The maximum Gasteiger partial charge on any atom is 0.222 e. The van der Waals surface area contributed by atoms with E-state index in [1.165, 1.54) is 6.42 Å². The first-order chi connectivity index (χ1) is 8.20. The summed E-state index contributed by atoms with van der Waals surface area (Å²) in [6, 6.07) is 5.83. The molecule has 90 valence electrons. The van der Waals surface area contributed by atoms with Crippen molar-refractivity contribution in [1.82, 2.24) is 9.97 Å². The third-order valence-electron chi connectivity index (χ3n) is 2.60. The van der Waals surface area contributed by atoms with Crippen LogP contribution in [0, 0.1) is 0 Å². The normalized spacial score (nSPS) is 10.6. The first-order valence-corrected chi connectivity index (χ1v) is 5.77. The van der Waals surface area contributed by atoms with Crippen LogP contribution in [0.25, 0.3) is 10.9 Å². The van der Waals surface area contributed by atoms with Gasteiger partial charge in [-0.05, 0) is 24.6 Å². The fourth-order valence-corrected chi connectivity index (χ4v) is 1.69. The first-order valence-electron chi connectivity index (χ1n) is 5.77. The molecular formula is C12H17N5. The van der Waals surface area contributed by atoms with Crippen LogP contribution >= 0.6 is 0 Å². The van der Waals surface area contributed by atoms with Crippen molar-refractivity contribution in [2.24, 2.45) is 0 Å². The Hall–Kier alpha value is -2.04. The molecule has 0 spiro atoms. The maximum atomic E-state index is 5.82. The van der Waals surface area contributed by atoms with Gasteiger partial charge in [-0.25, -0.2) is 4.98 Å². The molecule has 1 aromatic carbocycles.